The number of aromatic nitrogens is 1. The average molecular weight is 323 g/mol. The fourth-order valence-corrected chi connectivity index (χ4v) is 3.40. The lowest BCUT2D eigenvalue weighted by Gasteiger charge is -2.08. The molecule has 0 spiro atoms. The van der Waals surface area contributed by atoms with Crippen LogP contribution in [0.25, 0.3) is 0 Å². The second-order valence-electron chi connectivity index (χ2n) is 4.18. The minimum Gasteiger partial charge on any atom is -0.326 e. The molecule has 0 bridgehead atoms. The van der Waals surface area contributed by atoms with E-state index in [1.807, 2.05) is 13.0 Å². The fraction of sp³-hybridized carbons (Fsp3) is 0.214. The van der Waals surface area contributed by atoms with E-state index in [4.69, 9.17) is 5.73 Å². The summed E-state index contributed by atoms with van der Waals surface area (Å²) in [6.07, 6.45) is 0. The van der Waals surface area contributed by atoms with Crippen molar-refractivity contribution in [3.8, 4) is 0 Å². The highest BCUT2D eigenvalue weighted by Crippen LogP contribution is 2.32. The molecule has 0 saturated heterocycles. The van der Waals surface area contributed by atoms with E-state index in [1.54, 1.807) is 11.8 Å². The van der Waals surface area contributed by atoms with E-state index in [1.165, 1.54) is 5.56 Å². The van der Waals surface area contributed by atoms with E-state index >= 15 is 0 Å². The number of nitrogens with two attached hydrogens (primary N) is 1. The van der Waals surface area contributed by atoms with Crippen molar-refractivity contribution in [2.24, 2.45) is 5.73 Å². The van der Waals surface area contributed by atoms with Gasteiger partial charge in [0.2, 0.25) is 0 Å². The molecular formula is C14H15BrN2S. The van der Waals surface area contributed by atoms with E-state index in [2.05, 4.69) is 52.1 Å². The first kappa shape index (κ1) is 13.6. The SMILES string of the molecule is Cc1cc(C)nc(Sc2cc(Br)ccc2CN)c1. The summed E-state index contributed by atoms with van der Waals surface area (Å²) < 4.78 is 1.06. The Labute approximate surface area is 120 Å². The molecule has 0 amide bonds. The molecule has 2 nitrogen and oxygen atoms in total. The normalized spacial score (nSPS) is 10.7. The first-order valence-corrected chi connectivity index (χ1v) is 7.31. The molecule has 1 aromatic carbocycles. The van der Waals surface area contributed by atoms with Crippen LogP contribution in [0, 0.1) is 13.8 Å². The van der Waals surface area contributed by atoms with Crippen molar-refractivity contribution in [1.29, 1.82) is 0 Å². The third-order valence-corrected chi connectivity index (χ3v) is 4.05. The molecule has 0 aliphatic rings. The van der Waals surface area contributed by atoms with Gasteiger partial charge < -0.3 is 5.73 Å². The lowest BCUT2D eigenvalue weighted by Crippen LogP contribution is -1.98. The molecule has 0 radical (unpaired) electrons. The van der Waals surface area contributed by atoms with E-state index in [0.29, 0.717) is 6.54 Å². The Morgan fingerprint density at radius 1 is 1.22 bits per heavy atom. The fourth-order valence-electron chi connectivity index (χ4n) is 1.76. The summed E-state index contributed by atoms with van der Waals surface area (Å²) in [4.78, 5) is 5.70. The number of aryl methyl sites for hydroxylation is 2. The zero-order valence-electron chi connectivity index (χ0n) is 10.4. The van der Waals surface area contributed by atoms with Crippen LogP contribution in [0.3, 0.4) is 0 Å². The molecule has 2 rings (SSSR count). The molecule has 94 valence electrons. The maximum atomic E-state index is 5.77. The van der Waals surface area contributed by atoms with Crippen molar-refractivity contribution in [3.05, 3.63) is 51.6 Å². The van der Waals surface area contributed by atoms with E-state index < -0.39 is 0 Å². The van der Waals surface area contributed by atoms with Crippen LogP contribution < -0.4 is 5.73 Å². The van der Waals surface area contributed by atoms with Gasteiger partial charge in [0.05, 0.1) is 0 Å². The van der Waals surface area contributed by atoms with Gasteiger partial charge in [0.1, 0.15) is 5.03 Å². The summed E-state index contributed by atoms with van der Waals surface area (Å²) >= 11 is 5.15. The summed E-state index contributed by atoms with van der Waals surface area (Å²) in [5, 5.41) is 1.01. The van der Waals surface area contributed by atoms with Gasteiger partial charge in [-0.3, -0.25) is 0 Å². The van der Waals surface area contributed by atoms with Gasteiger partial charge in [0, 0.05) is 21.6 Å². The molecule has 1 heterocycles. The summed E-state index contributed by atoms with van der Waals surface area (Å²) in [5.74, 6) is 0. The van der Waals surface area contributed by atoms with E-state index in [9.17, 15) is 0 Å². The Morgan fingerprint density at radius 2 is 2.00 bits per heavy atom. The Morgan fingerprint density at radius 3 is 2.67 bits per heavy atom. The minimum absolute atomic E-state index is 0.542. The summed E-state index contributed by atoms with van der Waals surface area (Å²) in [6, 6.07) is 10.3. The van der Waals surface area contributed by atoms with Gasteiger partial charge in [0.15, 0.2) is 0 Å². The first-order chi connectivity index (χ1) is 8.58. The topological polar surface area (TPSA) is 38.9 Å². The van der Waals surface area contributed by atoms with Gasteiger partial charge in [0.25, 0.3) is 0 Å². The standard InChI is InChI=1S/C14H15BrN2S/c1-9-5-10(2)17-14(6-9)18-13-7-12(15)4-3-11(13)8-16/h3-7H,8,16H2,1-2H3. The van der Waals surface area contributed by atoms with Gasteiger partial charge in [-0.1, -0.05) is 33.8 Å². The molecule has 0 aliphatic carbocycles. The smallest absolute Gasteiger partial charge is 0.101 e. The minimum atomic E-state index is 0.542. The number of benzene rings is 1. The molecule has 0 saturated carbocycles. The maximum Gasteiger partial charge on any atom is 0.101 e. The molecule has 18 heavy (non-hydrogen) atoms. The van der Waals surface area contributed by atoms with Crippen LogP contribution in [0.1, 0.15) is 16.8 Å². The highest BCUT2D eigenvalue weighted by Gasteiger charge is 2.06. The molecular weight excluding hydrogens is 308 g/mol. The number of pyridine rings is 1. The number of halogens is 1. The molecule has 0 unspecified atom stereocenters. The van der Waals surface area contributed by atoms with Crippen LogP contribution in [0.4, 0.5) is 0 Å². The summed E-state index contributed by atoms with van der Waals surface area (Å²) in [5.41, 5.74) is 9.18. The first-order valence-electron chi connectivity index (χ1n) is 5.70. The summed E-state index contributed by atoms with van der Waals surface area (Å²) in [6.45, 7) is 4.64. The molecule has 1 aromatic heterocycles. The number of hydrogen-bond donors (Lipinski definition) is 1. The monoisotopic (exact) mass is 322 g/mol. The predicted octanol–water partition coefficient (Wildman–Crippen LogP) is 4.07. The van der Waals surface area contributed by atoms with Crippen LogP contribution in [-0.2, 0) is 6.54 Å². The second-order valence-corrected chi connectivity index (χ2v) is 6.16. The zero-order valence-corrected chi connectivity index (χ0v) is 12.8. The number of nitrogens with zero attached hydrogens (tertiary/aromatic N) is 1. The Hall–Kier alpha value is -0.840. The van der Waals surface area contributed by atoms with Crippen molar-refractivity contribution < 1.29 is 0 Å². The van der Waals surface area contributed by atoms with Gasteiger partial charge in [-0.2, -0.15) is 0 Å². The third-order valence-electron chi connectivity index (χ3n) is 2.54. The third kappa shape index (κ3) is 3.34. The predicted molar refractivity (Wildman–Crippen MR) is 79.9 cm³/mol. The maximum absolute atomic E-state index is 5.77. The Bertz CT molecular complexity index is 549. The largest absolute Gasteiger partial charge is 0.326 e. The van der Waals surface area contributed by atoms with Crippen molar-refractivity contribution in [2.75, 3.05) is 0 Å². The summed E-state index contributed by atoms with van der Waals surface area (Å²) in [7, 11) is 0. The van der Waals surface area contributed by atoms with Crippen LogP contribution in [0.5, 0.6) is 0 Å². The molecule has 0 aliphatic heterocycles. The molecule has 2 N–H and O–H groups in total. The Balaban J connectivity index is 2.35. The van der Waals surface area contributed by atoms with Crippen LogP contribution in [0.2, 0.25) is 0 Å². The Kier molecular flexibility index (Phi) is 4.43. The number of rotatable bonds is 3. The van der Waals surface area contributed by atoms with Gasteiger partial charge in [-0.25, -0.2) is 4.98 Å². The van der Waals surface area contributed by atoms with Gasteiger partial charge in [-0.15, -0.1) is 0 Å². The quantitative estimate of drug-likeness (QED) is 0.925. The van der Waals surface area contributed by atoms with E-state index in [0.717, 1.165) is 25.7 Å². The van der Waals surface area contributed by atoms with Gasteiger partial charge >= 0.3 is 0 Å². The van der Waals surface area contributed by atoms with Gasteiger partial charge in [-0.05, 0) is 49.2 Å². The van der Waals surface area contributed by atoms with Crippen molar-refractivity contribution >= 4 is 27.7 Å². The second kappa shape index (κ2) is 5.87. The highest BCUT2D eigenvalue weighted by molar-refractivity contribution is 9.10. The van der Waals surface area contributed by atoms with Crippen LogP contribution in [0.15, 0.2) is 44.7 Å². The van der Waals surface area contributed by atoms with Crippen molar-refractivity contribution in [1.82, 2.24) is 4.98 Å². The van der Waals surface area contributed by atoms with E-state index in [-0.39, 0.29) is 0 Å². The molecule has 4 heteroatoms. The number of hydrogen-bond acceptors (Lipinski definition) is 3. The van der Waals surface area contributed by atoms with Crippen molar-refractivity contribution in [2.45, 2.75) is 30.3 Å². The molecule has 2 aromatic rings. The molecule has 0 fully saturated rings. The molecule has 0 atom stereocenters. The zero-order chi connectivity index (χ0) is 13.1. The average Bonchev–Trinajstić information content (AvgIpc) is 2.27. The highest BCUT2D eigenvalue weighted by atomic mass is 79.9. The van der Waals surface area contributed by atoms with Crippen LogP contribution in [-0.4, -0.2) is 4.98 Å². The van der Waals surface area contributed by atoms with Crippen LogP contribution >= 0.6 is 27.7 Å². The van der Waals surface area contributed by atoms with Crippen molar-refractivity contribution in [3.63, 3.8) is 0 Å². The lowest BCUT2D eigenvalue weighted by molar-refractivity contribution is 1.01. The lowest BCUT2D eigenvalue weighted by atomic mass is 10.2.